The predicted octanol–water partition coefficient (Wildman–Crippen LogP) is 3.07. The molecule has 0 saturated heterocycles. The highest BCUT2D eigenvalue weighted by Crippen LogP contribution is 2.27. The number of carbonyl (C=O) groups excluding carboxylic acids is 1. The number of hydrogen-bond acceptors (Lipinski definition) is 4. The van der Waals surface area contributed by atoms with Gasteiger partial charge in [-0.2, -0.15) is 0 Å². The van der Waals surface area contributed by atoms with Crippen molar-refractivity contribution in [3.8, 4) is 5.75 Å². The number of amides is 1. The molecular formula is C17H17ClN2O4S. The number of methoxy groups -OCH3 is 1. The molecule has 0 aromatic heterocycles. The number of sulfonamides is 1. The lowest BCUT2D eigenvalue weighted by Gasteiger charge is -2.09. The lowest BCUT2D eigenvalue weighted by atomic mass is 10.2. The minimum atomic E-state index is -3.62. The molecule has 0 unspecified atom stereocenters. The quantitative estimate of drug-likeness (QED) is 0.723. The molecule has 2 aromatic carbocycles. The second-order valence-corrected chi connectivity index (χ2v) is 7.14. The Morgan fingerprint density at radius 3 is 2.48 bits per heavy atom. The Kier molecular flexibility index (Phi) is 6.19. The zero-order valence-electron chi connectivity index (χ0n) is 13.5. The van der Waals surface area contributed by atoms with Crippen molar-refractivity contribution in [3.05, 3.63) is 65.7 Å². The number of rotatable bonds is 7. The molecule has 132 valence electrons. The summed E-state index contributed by atoms with van der Waals surface area (Å²) in [5.41, 5.74) is 0.815. The Balaban J connectivity index is 2.13. The molecule has 8 heteroatoms. The van der Waals surface area contributed by atoms with Crippen LogP contribution in [0.3, 0.4) is 0 Å². The van der Waals surface area contributed by atoms with Gasteiger partial charge in [0.15, 0.2) is 0 Å². The van der Waals surface area contributed by atoms with E-state index in [1.54, 1.807) is 18.2 Å². The molecule has 0 atom stereocenters. The van der Waals surface area contributed by atoms with Gasteiger partial charge in [-0.1, -0.05) is 17.7 Å². The Morgan fingerprint density at radius 1 is 1.24 bits per heavy atom. The van der Waals surface area contributed by atoms with Crippen LogP contribution in [0.4, 0.5) is 5.69 Å². The van der Waals surface area contributed by atoms with Crippen LogP contribution in [0, 0.1) is 0 Å². The maximum Gasteiger partial charge on any atom is 0.255 e. The molecule has 0 heterocycles. The van der Waals surface area contributed by atoms with Gasteiger partial charge in [0, 0.05) is 17.8 Å². The molecular weight excluding hydrogens is 364 g/mol. The van der Waals surface area contributed by atoms with E-state index in [1.807, 2.05) is 0 Å². The molecule has 0 aliphatic carbocycles. The zero-order chi connectivity index (χ0) is 18.4. The number of benzene rings is 2. The van der Waals surface area contributed by atoms with Gasteiger partial charge in [0.05, 0.1) is 17.0 Å². The molecule has 0 saturated carbocycles. The number of carbonyl (C=O) groups is 1. The summed E-state index contributed by atoms with van der Waals surface area (Å²) in [6.07, 6.45) is 1.44. The largest absolute Gasteiger partial charge is 0.495 e. The Hall–Kier alpha value is -2.35. The van der Waals surface area contributed by atoms with Crippen molar-refractivity contribution in [2.45, 2.75) is 4.90 Å². The summed E-state index contributed by atoms with van der Waals surface area (Å²) in [5, 5.41) is 3.06. The first kappa shape index (κ1) is 19.0. The smallest absolute Gasteiger partial charge is 0.255 e. The van der Waals surface area contributed by atoms with E-state index in [4.69, 9.17) is 16.3 Å². The number of anilines is 1. The van der Waals surface area contributed by atoms with Gasteiger partial charge < -0.3 is 10.1 Å². The van der Waals surface area contributed by atoms with E-state index >= 15 is 0 Å². The third kappa shape index (κ3) is 4.82. The first-order valence-electron chi connectivity index (χ1n) is 7.23. The molecule has 1 amide bonds. The first-order valence-corrected chi connectivity index (χ1v) is 9.09. The molecule has 25 heavy (non-hydrogen) atoms. The van der Waals surface area contributed by atoms with Crippen molar-refractivity contribution < 1.29 is 17.9 Å². The van der Waals surface area contributed by atoms with Crippen LogP contribution in [0.5, 0.6) is 5.75 Å². The summed E-state index contributed by atoms with van der Waals surface area (Å²) in [7, 11) is -2.12. The van der Waals surface area contributed by atoms with E-state index in [0.29, 0.717) is 22.0 Å². The fourth-order valence-electron chi connectivity index (χ4n) is 1.98. The van der Waals surface area contributed by atoms with Crippen molar-refractivity contribution in [2.24, 2.45) is 0 Å². The summed E-state index contributed by atoms with van der Waals surface area (Å²) in [5.74, 6) is 0.116. The van der Waals surface area contributed by atoms with Gasteiger partial charge in [-0.3, -0.25) is 4.79 Å². The fraction of sp³-hybridized carbons (Fsp3) is 0.118. The molecule has 0 radical (unpaired) electrons. The maximum absolute atomic E-state index is 12.2. The molecule has 0 bridgehead atoms. The van der Waals surface area contributed by atoms with Gasteiger partial charge in [-0.05, 0) is 42.5 Å². The van der Waals surface area contributed by atoms with E-state index in [-0.39, 0.29) is 17.3 Å². The van der Waals surface area contributed by atoms with E-state index in [0.717, 1.165) is 0 Å². The maximum atomic E-state index is 12.2. The molecule has 2 rings (SSSR count). The molecule has 6 nitrogen and oxygen atoms in total. The highest BCUT2D eigenvalue weighted by atomic mass is 35.5. The summed E-state index contributed by atoms with van der Waals surface area (Å²) < 4.78 is 31.4. The number of nitrogens with one attached hydrogen (secondary N) is 2. The van der Waals surface area contributed by atoms with Gasteiger partial charge in [0.2, 0.25) is 10.0 Å². The average molecular weight is 381 g/mol. The van der Waals surface area contributed by atoms with Crippen LogP contribution in [-0.2, 0) is 10.0 Å². The van der Waals surface area contributed by atoms with Gasteiger partial charge in [0.1, 0.15) is 5.75 Å². The summed E-state index contributed by atoms with van der Waals surface area (Å²) >= 11 is 6.01. The average Bonchev–Trinajstić information content (AvgIpc) is 2.60. The van der Waals surface area contributed by atoms with Crippen molar-refractivity contribution in [3.63, 3.8) is 0 Å². The van der Waals surface area contributed by atoms with Gasteiger partial charge >= 0.3 is 0 Å². The van der Waals surface area contributed by atoms with Gasteiger partial charge in [0.25, 0.3) is 5.91 Å². The van der Waals surface area contributed by atoms with Crippen molar-refractivity contribution in [2.75, 3.05) is 19.0 Å². The molecule has 0 aliphatic rings. The highest BCUT2D eigenvalue weighted by Gasteiger charge is 2.14. The lowest BCUT2D eigenvalue weighted by Crippen LogP contribution is -2.23. The summed E-state index contributed by atoms with van der Waals surface area (Å²) in [6.45, 7) is 3.58. The van der Waals surface area contributed by atoms with E-state index in [9.17, 15) is 13.2 Å². The minimum absolute atomic E-state index is 0.0680. The third-order valence-electron chi connectivity index (χ3n) is 3.25. The fourth-order valence-corrected chi connectivity index (χ4v) is 3.24. The van der Waals surface area contributed by atoms with Crippen LogP contribution in [0.1, 0.15) is 10.4 Å². The number of ether oxygens (including phenoxy) is 1. The van der Waals surface area contributed by atoms with Crippen LogP contribution in [0.2, 0.25) is 5.02 Å². The highest BCUT2D eigenvalue weighted by molar-refractivity contribution is 7.89. The van der Waals surface area contributed by atoms with E-state index in [2.05, 4.69) is 16.6 Å². The van der Waals surface area contributed by atoms with Crippen LogP contribution in [0.25, 0.3) is 0 Å². The first-order chi connectivity index (χ1) is 11.9. The van der Waals surface area contributed by atoms with E-state index in [1.165, 1.54) is 37.5 Å². The molecule has 0 spiro atoms. The number of hydrogen-bond donors (Lipinski definition) is 2. The zero-order valence-corrected chi connectivity index (χ0v) is 15.0. The summed E-state index contributed by atoms with van der Waals surface area (Å²) in [6, 6.07) is 10.4. The summed E-state index contributed by atoms with van der Waals surface area (Å²) in [4.78, 5) is 12.3. The van der Waals surface area contributed by atoms with Crippen LogP contribution in [-0.4, -0.2) is 28.0 Å². The molecule has 0 fully saturated rings. The second kappa shape index (κ2) is 8.15. The SMILES string of the molecule is C=CCNS(=O)(=O)c1ccc(C(=O)Nc2ccc(OC)c(Cl)c2)cc1. The monoisotopic (exact) mass is 380 g/mol. The third-order valence-corrected chi connectivity index (χ3v) is 4.99. The van der Waals surface area contributed by atoms with Crippen LogP contribution < -0.4 is 14.8 Å². The topological polar surface area (TPSA) is 84.5 Å². The van der Waals surface area contributed by atoms with Gasteiger partial charge in [-0.15, -0.1) is 6.58 Å². The molecule has 0 aliphatic heterocycles. The van der Waals surface area contributed by atoms with Crippen molar-refractivity contribution in [1.82, 2.24) is 4.72 Å². The normalized spacial score (nSPS) is 11.0. The molecule has 2 N–H and O–H groups in total. The Bertz CT molecular complexity index is 880. The number of halogens is 1. The Labute approximate surface area is 151 Å². The van der Waals surface area contributed by atoms with Crippen molar-refractivity contribution >= 4 is 33.2 Å². The predicted molar refractivity (Wildman–Crippen MR) is 97.8 cm³/mol. The standard InChI is InChI=1S/C17H17ClN2O4S/c1-3-10-19-25(22,23)14-7-4-12(5-8-14)17(21)20-13-6-9-16(24-2)15(18)11-13/h3-9,11,19H,1,10H2,2H3,(H,20,21). The van der Waals surface area contributed by atoms with Crippen LogP contribution >= 0.6 is 11.6 Å². The van der Waals surface area contributed by atoms with E-state index < -0.39 is 10.0 Å². The molecule has 2 aromatic rings. The van der Waals surface area contributed by atoms with Gasteiger partial charge in [-0.25, -0.2) is 13.1 Å². The Morgan fingerprint density at radius 2 is 1.92 bits per heavy atom. The van der Waals surface area contributed by atoms with Crippen LogP contribution in [0.15, 0.2) is 60.0 Å². The van der Waals surface area contributed by atoms with Crippen molar-refractivity contribution in [1.29, 1.82) is 0 Å². The lowest BCUT2D eigenvalue weighted by molar-refractivity contribution is 0.102. The minimum Gasteiger partial charge on any atom is -0.495 e. The second-order valence-electron chi connectivity index (χ2n) is 4.97.